The average molecular weight is 544 g/mol. The smallest absolute Gasteiger partial charge is 0.198 e. The Morgan fingerprint density at radius 2 is 1.82 bits per heavy atom. The lowest BCUT2D eigenvalue weighted by atomic mass is 9.71. The van der Waals surface area contributed by atoms with Crippen LogP contribution in [0, 0.1) is 0 Å². The van der Waals surface area contributed by atoms with Crippen molar-refractivity contribution in [3.8, 4) is 11.5 Å². The molecule has 0 amide bonds. The number of aromatic hydroxyl groups is 2. The predicted octanol–water partition coefficient (Wildman–Crippen LogP) is -0.515. The third-order valence-corrected chi connectivity index (χ3v) is 7.88. The van der Waals surface area contributed by atoms with Crippen LogP contribution in [0.3, 0.4) is 0 Å². The Kier molecular flexibility index (Phi) is 6.84. The fraction of sp³-hybridized carbons (Fsp3) is 0.444. The second kappa shape index (κ2) is 9.75. The number of Topliss-reactive ketones (excluding diaryl/α,β-unsaturated/α-hetero) is 1. The molecule has 5 rings (SSSR count). The molecule has 208 valence electrons. The average Bonchev–Trinajstić information content (AvgIpc) is 2.90. The molecular formula is C27H29NO11. The molecule has 8 N–H and O–H groups in total. The lowest BCUT2D eigenvalue weighted by Crippen LogP contribution is -2.53. The number of rotatable bonds is 5. The molecule has 2 aromatic rings. The Morgan fingerprint density at radius 1 is 1.13 bits per heavy atom. The van der Waals surface area contributed by atoms with Gasteiger partial charge in [0.25, 0.3) is 0 Å². The molecule has 39 heavy (non-hydrogen) atoms. The van der Waals surface area contributed by atoms with Crippen molar-refractivity contribution in [2.24, 2.45) is 5.73 Å². The second-order valence-corrected chi connectivity index (χ2v) is 10.3. The van der Waals surface area contributed by atoms with Crippen molar-refractivity contribution in [3.63, 3.8) is 0 Å². The van der Waals surface area contributed by atoms with Gasteiger partial charge in [-0.05, 0) is 12.5 Å². The topological polar surface area (TPSA) is 217 Å². The summed E-state index contributed by atoms with van der Waals surface area (Å²) in [6.07, 6.45) is -5.21. The van der Waals surface area contributed by atoms with Gasteiger partial charge in [-0.3, -0.25) is 14.4 Å². The van der Waals surface area contributed by atoms with Gasteiger partial charge in [0.1, 0.15) is 23.7 Å². The standard InChI is InChI=1S/C27H29NO11/c1-10-22(32)14(28)5-17(38-10)39-15-7-27(37,16(31)9-30)6-13-19(15)26(36)21-20(24(13)34)23(33)12-4-2-3-11(8-29)18(12)25(21)35/h2-4,10,14-15,17,22,29-30,32,34,36-37H,5-9,28H2,1H3/t10?,14-,15-,17-,22-,27-/m0/s1. The van der Waals surface area contributed by atoms with Crippen molar-refractivity contribution in [1.29, 1.82) is 0 Å². The van der Waals surface area contributed by atoms with Crippen LogP contribution >= 0.6 is 0 Å². The number of benzene rings is 2. The third-order valence-electron chi connectivity index (χ3n) is 7.88. The number of carbonyl (C=O) groups is 3. The summed E-state index contributed by atoms with van der Waals surface area (Å²) in [6, 6.07) is 3.53. The highest BCUT2D eigenvalue weighted by Gasteiger charge is 2.50. The summed E-state index contributed by atoms with van der Waals surface area (Å²) in [7, 11) is 0. The van der Waals surface area contributed by atoms with Crippen LogP contribution in [0.1, 0.15) is 74.4 Å². The number of ketones is 3. The zero-order valence-electron chi connectivity index (χ0n) is 21.0. The molecule has 1 unspecified atom stereocenters. The van der Waals surface area contributed by atoms with E-state index in [4.69, 9.17) is 15.2 Å². The van der Waals surface area contributed by atoms with Crippen molar-refractivity contribution in [2.45, 2.75) is 69.0 Å². The van der Waals surface area contributed by atoms with Crippen LogP contribution in [-0.4, -0.2) is 84.7 Å². The molecule has 12 heteroatoms. The highest BCUT2D eigenvalue weighted by atomic mass is 16.7. The molecule has 2 aliphatic carbocycles. The van der Waals surface area contributed by atoms with Gasteiger partial charge in [0, 0.05) is 47.6 Å². The highest BCUT2D eigenvalue weighted by Crippen LogP contribution is 2.52. The molecule has 1 saturated heterocycles. The molecule has 0 aromatic heterocycles. The number of phenols is 2. The molecule has 0 saturated carbocycles. The minimum atomic E-state index is -2.25. The van der Waals surface area contributed by atoms with E-state index in [9.17, 15) is 45.0 Å². The lowest BCUT2D eigenvalue weighted by Gasteiger charge is -2.42. The fourth-order valence-electron chi connectivity index (χ4n) is 5.81. The second-order valence-electron chi connectivity index (χ2n) is 10.3. The first-order chi connectivity index (χ1) is 18.4. The van der Waals surface area contributed by atoms with Crippen LogP contribution in [0.5, 0.6) is 11.5 Å². The van der Waals surface area contributed by atoms with Crippen LogP contribution in [0.2, 0.25) is 0 Å². The van der Waals surface area contributed by atoms with Crippen LogP contribution in [0.4, 0.5) is 0 Å². The largest absolute Gasteiger partial charge is 0.507 e. The summed E-state index contributed by atoms with van der Waals surface area (Å²) >= 11 is 0. The molecule has 1 heterocycles. The van der Waals surface area contributed by atoms with Gasteiger partial charge < -0.3 is 45.8 Å². The molecule has 1 aliphatic heterocycles. The van der Waals surface area contributed by atoms with E-state index in [0.717, 1.165) is 0 Å². The van der Waals surface area contributed by atoms with Crippen molar-refractivity contribution in [3.05, 3.63) is 57.1 Å². The van der Waals surface area contributed by atoms with Crippen LogP contribution in [0.25, 0.3) is 0 Å². The van der Waals surface area contributed by atoms with E-state index in [2.05, 4.69) is 0 Å². The zero-order chi connectivity index (χ0) is 28.4. The Balaban J connectivity index is 1.69. The number of phenolic OH excluding ortho intramolecular Hbond substituents is 2. The first-order valence-corrected chi connectivity index (χ1v) is 12.5. The number of nitrogens with two attached hydrogens (primary N) is 1. The van der Waals surface area contributed by atoms with E-state index in [0.29, 0.717) is 0 Å². The summed E-state index contributed by atoms with van der Waals surface area (Å²) in [5.41, 5.74) is 2.35. The van der Waals surface area contributed by atoms with Crippen molar-refractivity contribution in [1.82, 2.24) is 0 Å². The van der Waals surface area contributed by atoms with E-state index in [1.807, 2.05) is 0 Å². The molecular weight excluding hydrogens is 514 g/mol. The Bertz CT molecular complexity index is 1380. The maximum absolute atomic E-state index is 13.6. The van der Waals surface area contributed by atoms with Gasteiger partial charge in [-0.15, -0.1) is 0 Å². The summed E-state index contributed by atoms with van der Waals surface area (Å²) in [6.45, 7) is -0.0137. The molecule has 12 nitrogen and oxygen atoms in total. The Morgan fingerprint density at radius 3 is 2.46 bits per heavy atom. The highest BCUT2D eigenvalue weighted by molar-refractivity contribution is 6.31. The number of hydrogen-bond donors (Lipinski definition) is 7. The van der Waals surface area contributed by atoms with Gasteiger partial charge in [0.15, 0.2) is 23.6 Å². The van der Waals surface area contributed by atoms with Gasteiger partial charge in [0.05, 0.1) is 36.0 Å². The van der Waals surface area contributed by atoms with E-state index in [-0.39, 0.29) is 34.2 Å². The lowest BCUT2D eigenvalue weighted by molar-refractivity contribution is -0.247. The first kappa shape index (κ1) is 27.3. The van der Waals surface area contributed by atoms with Crippen molar-refractivity contribution >= 4 is 17.3 Å². The molecule has 6 atom stereocenters. The summed E-state index contributed by atoms with van der Waals surface area (Å²) in [4.78, 5) is 39.7. The Hall–Kier alpha value is -3.23. The first-order valence-electron chi connectivity index (χ1n) is 12.5. The fourth-order valence-corrected chi connectivity index (χ4v) is 5.81. The summed E-state index contributed by atoms with van der Waals surface area (Å²) in [5, 5.41) is 63.4. The van der Waals surface area contributed by atoms with Gasteiger partial charge in [-0.1, -0.05) is 18.2 Å². The Labute approximate surface area is 222 Å². The molecule has 0 radical (unpaired) electrons. The van der Waals surface area contributed by atoms with Gasteiger partial charge >= 0.3 is 0 Å². The van der Waals surface area contributed by atoms with E-state index in [1.165, 1.54) is 18.2 Å². The van der Waals surface area contributed by atoms with Crippen LogP contribution in [-0.2, 0) is 27.3 Å². The number of aliphatic hydroxyl groups is 4. The molecule has 0 bridgehead atoms. The maximum Gasteiger partial charge on any atom is 0.198 e. The SMILES string of the molecule is CC1O[C@@H](O[C@H]2C[C@](O)(C(=O)CO)Cc3c(O)c4c(c(O)c32)C(=O)c2c(CO)cccc2C4=O)C[C@H](N)[C@H]1O. The number of carbonyl (C=O) groups excluding carboxylic acids is 3. The molecule has 0 spiro atoms. The number of fused-ring (bicyclic) bond motifs is 3. The number of hydrogen-bond acceptors (Lipinski definition) is 12. The monoisotopic (exact) mass is 543 g/mol. The number of aliphatic hydroxyl groups excluding tert-OH is 3. The summed E-state index contributed by atoms with van der Waals surface area (Å²) in [5.74, 6) is -4.00. The van der Waals surface area contributed by atoms with Crippen LogP contribution < -0.4 is 5.73 Å². The zero-order valence-corrected chi connectivity index (χ0v) is 21.0. The number of ether oxygens (including phenoxy) is 2. The van der Waals surface area contributed by atoms with Crippen molar-refractivity contribution in [2.75, 3.05) is 6.61 Å². The molecule has 2 aromatic carbocycles. The van der Waals surface area contributed by atoms with E-state index >= 15 is 0 Å². The molecule has 1 fully saturated rings. The summed E-state index contributed by atoms with van der Waals surface area (Å²) < 4.78 is 11.7. The van der Waals surface area contributed by atoms with Crippen LogP contribution in [0.15, 0.2) is 18.2 Å². The van der Waals surface area contributed by atoms with Gasteiger partial charge in [0.2, 0.25) is 0 Å². The minimum Gasteiger partial charge on any atom is -0.507 e. The quantitative estimate of drug-likeness (QED) is 0.202. The van der Waals surface area contributed by atoms with Crippen molar-refractivity contribution < 1.29 is 54.5 Å². The van der Waals surface area contributed by atoms with E-state index < -0.39 is 102 Å². The maximum atomic E-state index is 13.6. The predicted molar refractivity (Wildman–Crippen MR) is 131 cm³/mol. The third kappa shape index (κ3) is 4.16. The molecule has 3 aliphatic rings. The van der Waals surface area contributed by atoms with Gasteiger partial charge in [-0.25, -0.2) is 0 Å². The van der Waals surface area contributed by atoms with Gasteiger partial charge in [-0.2, -0.15) is 0 Å². The minimum absolute atomic E-state index is 0.00600. The van der Waals surface area contributed by atoms with E-state index in [1.54, 1.807) is 6.92 Å². The normalized spacial score (nSPS) is 29.9.